The molecule has 6 heteroatoms. The summed E-state index contributed by atoms with van der Waals surface area (Å²) in [5.74, 6) is -0.524. The Morgan fingerprint density at radius 2 is 1.78 bits per heavy atom. The van der Waals surface area contributed by atoms with Gasteiger partial charge in [0, 0.05) is 5.56 Å². The number of nitrogens with zero attached hydrogens (tertiary/aromatic N) is 2. The highest BCUT2D eigenvalue weighted by Gasteiger charge is 2.10. The van der Waals surface area contributed by atoms with Gasteiger partial charge in [-0.2, -0.15) is 0 Å². The maximum atomic E-state index is 12.8. The van der Waals surface area contributed by atoms with Crippen LogP contribution in [0, 0.1) is 12.7 Å². The fourth-order valence-corrected chi connectivity index (χ4v) is 2.80. The molecule has 23 heavy (non-hydrogen) atoms. The maximum absolute atomic E-state index is 12.8. The SMILES string of the molecule is Cc1ccc(-c2nnc(NC(=O)Cc3ccc(F)cc3)s2)cc1. The van der Waals surface area contributed by atoms with E-state index in [0.29, 0.717) is 5.13 Å². The van der Waals surface area contributed by atoms with Gasteiger partial charge in [-0.05, 0) is 24.6 Å². The molecule has 0 atom stereocenters. The molecule has 1 aromatic heterocycles. The molecule has 3 rings (SSSR count). The third-order valence-corrected chi connectivity index (χ3v) is 4.14. The molecule has 0 fully saturated rings. The minimum absolute atomic E-state index is 0.166. The fourth-order valence-electron chi connectivity index (χ4n) is 2.04. The van der Waals surface area contributed by atoms with Crippen LogP contribution in [-0.2, 0) is 11.2 Å². The number of hydrogen-bond acceptors (Lipinski definition) is 4. The predicted molar refractivity (Wildman–Crippen MR) is 88.8 cm³/mol. The summed E-state index contributed by atoms with van der Waals surface area (Å²) in [6.07, 6.45) is 0.166. The highest BCUT2D eigenvalue weighted by Crippen LogP contribution is 2.26. The summed E-state index contributed by atoms with van der Waals surface area (Å²) in [5.41, 5.74) is 2.88. The monoisotopic (exact) mass is 327 g/mol. The van der Waals surface area contributed by atoms with Crippen molar-refractivity contribution in [2.75, 3.05) is 5.32 Å². The first kappa shape index (κ1) is 15.3. The van der Waals surface area contributed by atoms with Crippen molar-refractivity contribution in [3.8, 4) is 10.6 Å². The quantitative estimate of drug-likeness (QED) is 0.792. The largest absolute Gasteiger partial charge is 0.300 e. The van der Waals surface area contributed by atoms with E-state index in [4.69, 9.17) is 0 Å². The Labute approximate surface area is 137 Å². The lowest BCUT2D eigenvalue weighted by Crippen LogP contribution is -2.14. The molecule has 116 valence electrons. The summed E-state index contributed by atoms with van der Waals surface area (Å²) in [4.78, 5) is 12.0. The number of anilines is 1. The molecular formula is C17H14FN3OS. The lowest BCUT2D eigenvalue weighted by atomic mass is 10.1. The second-order valence-corrected chi connectivity index (χ2v) is 6.11. The van der Waals surface area contributed by atoms with Crippen molar-refractivity contribution in [1.82, 2.24) is 10.2 Å². The van der Waals surface area contributed by atoms with Gasteiger partial charge >= 0.3 is 0 Å². The lowest BCUT2D eigenvalue weighted by molar-refractivity contribution is -0.115. The standard InChI is InChI=1S/C17H14FN3OS/c1-11-2-6-13(7-3-11)16-20-21-17(23-16)19-15(22)10-12-4-8-14(18)9-5-12/h2-9H,10H2,1H3,(H,19,21,22). The molecule has 0 unspecified atom stereocenters. The van der Waals surface area contributed by atoms with Gasteiger partial charge < -0.3 is 5.32 Å². The number of halogens is 1. The van der Waals surface area contributed by atoms with E-state index in [9.17, 15) is 9.18 Å². The molecule has 0 saturated heterocycles. The first-order valence-electron chi connectivity index (χ1n) is 7.05. The second kappa shape index (κ2) is 6.66. The summed E-state index contributed by atoms with van der Waals surface area (Å²) >= 11 is 1.32. The van der Waals surface area contributed by atoms with Gasteiger partial charge in [0.2, 0.25) is 11.0 Å². The van der Waals surface area contributed by atoms with Crippen molar-refractivity contribution < 1.29 is 9.18 Å². The average molecular weight is 327 g/mol. The summed E-state index contributed by atoms with van der Waals surface area (Å²) < 4.78 is 12.8. The van der Waals surface area contributed by atoms with E-state index in [1.54, 1.807) is 12.1 Å². The normalized spacial score (nSPS) is 10.5. The number of aromatic nitrogens is 2. The molecule has 1 N–H and O–H groups in total. The number of rotatable bonds is 4. The van der Waals surface area contributed by atoms with Gasteiger partial charge in [-0.15, -0.1) is 10.2 Å². The topological polar surface area (TPSA) is 54.9 Å². The molecule has 1 amide bonds. The van der Waals surface area contributed by atoms with Crippen LogP contribution in [0.4, 0.5) is 9.52 Å². The first-order chi connectivity index (χ1) is 11.1. The zero-order valence-corrected chi connectivity index (χ0v) is 13.2. The second-order valence-electron chi connectivity index (χ2n) is 5.13. The number of nitrogens with one attached hydrogen (secondary N) is 1. The van der Waals surface area contributed by atoms with Crippen molar-refractivity contribution in [2.24, 2.45) is 0 Å². The smallest absolute Gasteiger partial charge is 0.230 e. The van der Waals surface area contributed by atoms with E-state index in [-0.39, 0.29) is 18.1 Å². The highest BCUT2D eigenvalue weighted by molar-refractivity contribution is 7.18. The number of aryl methyl sites for hydroxylation is 1. The maximum Gasteiger partial charge on any atom is 0.230 e. The molecule has 0 aliphatic carbocycles. The Morgan fingerprint density at radius 3 is 2.48 bits per heavy atom. The van der Waals surface area contributed by atoms with Gasteiger partial charge in [0.25, 0.3) is 0 Å². The minimum Gasteiger partial charge on any atom is -0.300 e. The van der Waals surface area contributed by atoms with Crippen LogP contribution < -0.4 is 5.32 Å². The third kappa shape index (κ3) is 3.98. The van der Waals surface area contributed by atoms with Gasteiger partial charge in [0.1, 0.15) is 10.8 Å². The van der Waals surface area contributed by atoms with E-state index in [0.717, 1.165) is 16.1 Å². The van der Waals surface area contributed by atoms with Crippen LogP contribution in [0.5, 0.6) is 0 Å². The first-order valence-corrected chi connectivity index (χ1v) is 7.86. The van der Waals surface area contributed by atoms with E-state index in [2.05, 4.69) is 15.5 Å². The average Bonchev–Trinajstić information content (AvgIpc) is 2.98. The molecule has 2 aromatic carbocycles. The number of amides is 1. The molecule has 1 heterocycles. The summed E-state index contributed by atoms with van der Waals surface area (Å²) in [6.45, 7) is 2.02. The van der Waals surface area contributed by atoms with E-state index >= 15 is 0 Å². The van der Waals surface area contributed by atoms with Crippen LogP contribution in [0.1, 0.15) is 11.1 Å². The highest BCUT2D eigenvalue weighted by atomic mass is 32.1. The van der Waals surface area contributed by atoms with Crippen molar-refractivity contribution in [1.29, 1.82) is 0 Å². The van der Waals surface area contributed by atoms with Crippen molar-refractivity contribution >= 4 is 22.4 Å². The molecule has 0 aliphatic rings. The molecule has 0 radical (unpaired) electrons. The lowest BCUT2D eigenvalue weighted by Gasteiger charge is -2.01. The molecule has 0 aliphatic heterocycles. The third-order valence-electron chi connectivity index (χ3n) is 3.25. The van der Waals surface area contributed by atoms with Crippen LogP contribution >= 0.6 is 11.3 Å². The summed E-state index contributed by atoms with van der Waals surface area (Å²) in [5, 5.41) is 12.0. The molecule has 0 spiro atoms. The predicted octanol–water partition coefficient (Wildman–Crippen LogP) is 3.83. The molecular weight excluding hydrogens is 313 g/mol. The Hall–Kier alpha value is -2.60. The number of benzene rings is 2. The molecule has 0 saturated carbocycles. The van der Waals surface area contributed by atoms with E-state index < -0.39 is 0 Å². The van der Waals surface area contributed by atoms with Crippen molar-refractivity contribution in [3.05, 3.63) is 65.5 Å². The Morgan fingerprint density at radius 1 is 1.09 bits per heavy atom. The molecule has 4 nitrogen and oxygen atoms in total. The van der Waals surface area contributed by atoms with Gasteiger partial charge in [-0.25, -0.2) is 4.39 Å². The van der Waals surface area contributed by atoms with Crippen LogP contribution in [0.2, 0.25) is 0 Å². The van der Waals surface area contributed by atoms with Crippen LogP contribution in [-0.4, -0.2) is 16.1 Å². The Kier molecular flexibility index (Phi) is 4.43. The summed E-state index contributed by atoms with van der Waals surface area (Å²) in [6, 6.07) is 13.8. The van der Waals surface area contributed by atoms with Crippen LogP contribution in [0.15, 0.2) is 48.5 Å². The van der Waals surface area contributed by atoms with Crippen molar-refractivity contribution in [2.45, 2.75) is 13.3 Å². The van der Waals surface area contributed by atoms with Crippen LogP contribution in [0.3, 0.4) is 0 Å². The number of carbonyl (C=O) groups is 1. The zero-order chi connectivity index (χ0) is 16.2. The van der Waals surface area contributed by atoms with Gasteiger partial charge in [-0.1, -0.05) is 53.3 Å². The van der Waals surface area contributed by atoms with Gasteiger partial charge in [0.05, 0.1) is 6.42 Å². The van der Waals surface area contributed by atoms with E-state index in [1.165, 1.54) is 29.0 Å². The number of hydrogen-bond donors (Lipinski definition) is 1. The van der Waals surface area contributed by atoms with Crippen molar-refractivity contribution in [3.63, 3.8) is 0 Å². The summed E-state index contributed by atoms with van der Waals surface area (Å²) in [7, 11) is 0. The molecule has 0 bridgehead atoms. The molecule has 3 aromatic rings. The fraction of sp³-hybridized carbons (Fsp3) is 0.118. The minimum atomic E-state index is -0.318. The van der Waals surface area contributed by atoms with Gasteiger partial charge in [-0.3, -0.25) is 4.79 Å². The Balaban J connectivity index is 1.65. The zero-order valence-electron chi connectivity index (χ0n) is 12.4. The van der Waals surface area contributed by atoms with Crippen LogP contribution in [0.25, 0.3) is 10.6 Å². The number of carbonyl (C=O) groups excluding carboxylic acids is 1. The van der Waals surface area contributed by atoms with E-state index in [1.807, 2.05) is 31.2 Å². The Bertz CT molecular complexity index is 813. The van der Waals surface area contributed by atoms with Gasteiger partial charge in [0.15, 0.2) is 0 Å².